The van der Waals surface area contributed by atoms with Crippen LogP contribution in [-0.4, -0.2) is 36.8 Å². The normalized spacial score (nSPS) is 10.6. The Labute approximate surface area is 116 Å². The van der Waals surface area contributed by atoms with Gasteiger partial charge in [-0.15, -0.1) is 0 Å². The Morgan fingerprint density at radius 2 is 2.15 bits per heavy atom. The van der Waals surface area contributed by atoms with Crippen molar-refractivity contribution in [1.82, 2.24) is 10.1 Å². The number of hydrogen-bond acceptors (Lipinski definition) is 6. The Morgan fingerprint density at radius 3 is 2.85 bits per heavy atom. The van der Waals surface area contributed by atoms with Crippen LogP contribution in [0.1, 0.15) is 11.5 Å². The summed E-state index contributed by atoms with van der Waals surface area (Å²) in [5.41, 5.74) is 1.80. The fourth-order valence-electron chi connectivity index (χ4n) is 1.80. The molecule has 0 radical (unpaired) electrons. The number of carbonyl (C=O) groups is 1. The lowest BCUT2D eigenvalue weighted by Gasteiger charge is -2.05. The van der Waals surface area contributed by atoms with Gasteiger partial charge in [-0.25, -0.2) is 0 Å². The largest absolute Gasteiger partial charge is 0.496 e. The summed E-state index contributed by atoms with van der Waals surface area (Å²) in [5.74, 6) is 1.23. The van der Waals surface area contributed by atoms with Crippen LogP contribution in [0.15, 0.2) is 22.7 Å². The zero-order valence-electron chi connectivity index (χ0n) is 11.7. The van der Waals surface area contributed by atoms with Crippen molar-refractivity contribution < 1.29 is 18.8 Å². The van der Waals surface area contributed by atoms with Gasteiger partial charge in [0.15, 0.2) is 5.78 Å². The van der Waals surface area contributed by atoms with Gasteiger partial charge in [0.2, 0.25) is 11.7 Å². The van der Waals surface area contributed by atoms with Gasteiger partial charge < -0.3 is 14.0 Å². The number of ketones is 1. The first kappa shape index (κ1) is 14.2. The molecule has 106 valence electrons. The Bertz CT molecular complexity index is 607. The van der Waals surface area contributed by atoms with E-state index in [4.69, 9.17) is 14.0 Å². The quantitative estimate of drug-likeness (QED) is 0.801. The van der Waals surface area contributed by atoms with E-state index < -0.39 is 0 Å². The number of carbonyl (C=O) groups excluding carboxylic acids is 1. The van der Waals surface area contributed by atoms with Crippen LogP contribution < -0.4 is 4.74 Å². The van der Waals surface area contributed by atoms with Gasteiger partial charge >= 0.3 is 0 Å². The molecular formula is C14H16N2O4. The van der Waals surface area contributed by atoms with E-state index in [0.717, 1.165) is 11.1 Å². The molecule has 0 aliphatic heterocycles. The number of aromatic nitrogens is 2. The second-order valence-electron chi connectivity index (χ2n) is 4.36. The van der Waals surface area contributed by atoms with Crippen LogP contribution >= 0.6 is 0 Å². The van der Waals surface area contributed by atoms with E-state index in [1.807, 2.05) is 25.1 Å². The molecule has 0 saturated carbocycles. The minimum atomic E-state index is -0.112. The van der Waals surface area contributed by atoms with Crippen LogP contribution in [-0.2, 0) is 16.0 Å². The zero-order chi connectivity index (χ0) is 14.5. The summed E-state index contributed by atoms with van der Waals surface area (Å²) in [4.78, 5) is 15.7. The average Bonchev–Trinajstić information content (AvgIpc) is 2.87. The number of aryl methyl sites for hydroxylation is 1. The minimum absolute atomic E-state index is 0.0333. The summed E-state index contributed by atoms with van der Waals surface area (Å²) < 4.78 is 15.1. The van der Waals surface area contributed by atoms with E-state index in [1.54, 1.807) is 7.11 Å². The molecule has 1 aromatic heterocycles. The van der Waals surface area contributed by atoms with Crippen LogP contribution in [0.25, 0.3) is 11.4 Å². The molecule has 1 aromatic carbocycles. The fourth-order valence-corrected chi connectivity index (χ4v) is 1.80. The van der Waals surface area contributed by atoms with Crippen molar-refractivity contribution in [3.05, 3.63) is 29.7 Å². The molecule has 20 heavy (non-hydrogen) atoms. The minimum Gasteiger partial charge on any atom is -0.496 e. The maximum Gasteiger partial charge on any atom is 0.234 e. The molecule has 0 aliphatic carbocycles. The van der Waals surface area contributed by atoms with Crippen molar-refractivity contribution >= 4 is 5.78 Å². The Hall–Kier alpha value is -2.21. The highest BCUT2D eigenvalue weighted by Crippen LogP contribution is 2.28. The summed E-state index contributed by atoms with van der Waals surface area (Å²) >= 11 is 0. The molecule has 1 heterocycles. The standard InChI is InChI=1S/C14H16N2O4/c1-9-4-5-11(12(6-9)19-3)14-15-13(20-16-14)7-10(17)8-18-2/h4-6H,7-8H2,1-3H3. The molecule has 0 bridgehead atoms. The third-order valence-corrected chi connectivity index (χ3v) is 2.72. The number of nitrogens with zero attached hydrogens (tertiary/aromatic N) is 2. The van der Waals surface area contributed by atoms with Crippen LogP contribution in [0.4, 0.5) is 0 Å². The van der Waals surface area contributed by atoms with Gasteiger partial charge in [-0.1, -0.05) is 11.2 Å². The number of Topliss-reactive ketones (excluding diaryl/α,β-unsaturated/α-hetero) is 1. The van der Waals surface area contributed by atoms with E-state index in [0.29, 0.717) is 11.6 Å². The third-order valence-electron chi connectivity index (χ3n) is 2.72. The maximum atomic E-state index is 11.4. The molecule has 0 spiro atoms. The van der Waals surface area contributed by atoms with E-state index >= 15 is 0 Å². The monoisotopic (exact) mass is 276 g/mol. The number of benzene rings is 1. The van der Waals surface area contributed by atoms with Crippen molar-refractivity contribution in [3.8, 4) is 17.1 Å². The van der Waals surface area contributed by atoms with Gasteiger partial charge in [-0.05, 0) is 24.6 Å². The van der Waals surface area contributed by atoms with Crippen molar-refractivity contribution in [2.45, 2.75) is 13.3 Å². The van der Waals surface area contributed by atoms with Crippen molar-refractivity contribution in [2.24, 2.45) is 0 Å². The predicted octanol–water partition coefficient (Wildman–Crippen LogP) is 1.81. The third kappa shape index (κ3) is 3.21. The first-order chi connectivity index (χ1) is 9.63. The first-order valence-electron chi connectivity index (χ1n) is 6.12. The topological polar surface area (TPSA) is 74.5 Å². The maximum absolute atomic E-state index is 11.4. The zero-order valence-corrected chi connectivity index (χ0v) is 11.7. The molecule has 0 saturated heterocycles. The highest BCUT2D eigenvalue weighted by Gasteiger charge is 2.15. The van der Waals surface area contributed by atoms with Crippen LogP contribution in [0, 0.1) is 6.92 Å². The van der Waals surface area contributed by atoms with Crippen LogP contribution in [0.3, 0.4) is 0 Å². The Kier molecular flexibility index (Phi) is 4.47. The highest BCUT2D eigenvalue weighted by molar-refractivity contribution is 5.81. The molecule has 6 heteroatoms. The van der Waals surface area contributed by atoms with Crippen molar-refractivity contribution in [2.75, 3.05) is 20.8 Å². The van der Waals surface area contributed by atoms with Gasteiger partial charge in [-0.3, -0.25) is 4.79 Å². The molecule has 0 unspecified atom stereocenters. The number of ether oxygens (including phenoxy) is 2. The summed E-state index contributed by atoms with van der Waals surface area (Å²) in [6.45, 7) is 2.00. The molecule has 0 amide bonds. The molecule has 6 nitrogen and oxygen atoms in total. The Morgan fingerprint density at radius 1 is 1.35 bits per heavy atom. The molecule has 2 aromatic rings. The second-order valence-corrected chi connectivity index (χ2v) is 4.36. The first-order valence-corrected chi connectivity index (χ1v) is 6.12. The molecule has 0 N–H and O–H groups in total. The van der Waals surface area contributed by atoms with Gasteiger partial charge in [0.25, 0.3) is 0 Å². The summed E-state index contributed by atoms with van der Waals surface area (Å²) in [5, 5.41) is 3.88. The van der Waals surface area contributed by atoms with Crippen LogP contribution in [0.5, 0.6) is 5.75 Å². The predicted molar refractivity (Wildman–Crippen MR) is 71.6 cm³/mol. The SMILES string of the molecule is COCC(=O)Cc1nc(-c2ccc(C)cc2OC)no1. The second kappa shape index (κ2) is 6.29. The van der Waals surface area contributed by atoms with Crippen LogP contribution in [0.2, 0.25) is 0 Å². The summed E-state index contributed by atoms with van der Waals surface area (Å²) in [6, 6.07) is 5.69. The van der Waals surface area contributed by atoms with E-state index in [1.165, 1.54) is 7.11 Å². The van der Waals surface area contributed by atoms with Crippen molar-refractivity contribution in [1.29, 1.82) is 0 Å². The average molecular weight is 276 g/mol. The van der Waals surface area contributed by atoms with E-state index in [-0.39, 0.29) is 24.7 Å². The van der Waals surface area contributed by atoms with Gasteiger partial charge in [0.1, 0.15) is 12.4 Å². The lowest BCUT2D eigenvalue weighted by Crippen LogP contribution is -2.09. The smallest absolute Gasteiger partial charge is 0.234 e. The van der Waals surface area contributed by atoms with Crippen molar-refractivity contribution in [3.63, 3.8) is 0 Å². The van der Waals surface area contributed by atoms with E-state index in [2.05, 4.69) is 10.1 Å². The molecule has 0 atom stereocenters. The van der Waals surface area contributed by atoms with Gasteiger partial charge in [0, 0.05) is 7.11 Å². The number of hydrogen-bond donors (Lipinski definition) is 0. The molecule has 0 fully saturated rings. The lowest BCUT2D eigenvalue weighted by molar-refractivity contribution is -0.122. The summed E-state index contributed by atoms with van der Waals surface area (Å²) in [6.07, 6.45) is 0.0645. The van der Waals surface area contributed by atoms with Gasteiger partial charge in [-0.2, -0.15) is 4.98 Å². The summed E-state index contributed by atoms with van der Waals surface area (Å²) in [7, 11) is 3.05. The fraction of sp³-hybridized carbons (Fsp3) is 0.357. The number of rotatable bonds is 6. The number of methoxy groups -OCH3 is 2. The highest BCUT2D eigenvalue weighted by atomic mass is 16.5. The molecule has 0 aliphatic rings. The lowest BCUT2D eigenvalue weighted by atomic mass is 10.1. The van der Waals surface area contributed by atoms with E-state index in [9.17, 15) is 4.79 Å². The molecular weight excluding hydrogens is 260 g/mol. The van der Waals surface area contributed by atoms with Gasteiger partial charge in [0.05, 0.1) is 19.1 Å². The Balaban J connectivity index is 2.22. The molecule has 2 rings (SSSR count).